The second-order valence-electron chi connectivity index (χ2n) is 3.96. The minimum Gasteiger partial charge on any atom is -0.330 e. The van der Waals surface area contributed by atoms with E-state index in [4.69, 9.17) is 5.73 Å². The SMILES string of the molecule is CN(C)CCCCN.CSc1ccc(F)cc1. The number of thioether (sulfide) groups is 1. The zero-order chi connectivity index (χ0) is 13.1. The van der Waals surface area contributed by atoms with Gasteiger partial charge >= 0.3 is 0 Å². The molecule has 0 aliphatic rings. The highest BCUT2D eigenvalue weighted by atomic mass is 32.2. The number of hydrogen-bond donors (Lipinski definition) is 1. The highest BCUT2D eigenvalue weighted by Gasteiger charge is 1.88. The number of rotatable bonds is 5. The molecule has 0 aliphatic heterocycles. The Morgan fingerprint density at radius 3 is 2.18 bits per heavy atom. The molecule has 98 valence electrons. The molecule has 0 fully saturated rings. The number of benzene rings is 1. The van der Waals surface area contributed by atoms with E-state index in [0.29, 0.717) is 0 Å². The average Bonchev–Trinajstić information content (AvgIpc) is 2.31. The van der Waals surface area contributed by atoms with Crippen molar-refractivity contribution in [2.75, 3.05) is 33.4 Å². The molecule has 0 saturated heterocycles. The molecule has 0 spiro atoms. The molecule has 1 aromatic carbocycles. The van der Waals surface area contributed by atoms with Gasteiger partial charge < -0.3 is 10.6 Å². The Morgan fingerprint density at radius 1 is 1.18 bits per heavy atom. The molecule has 1 rings (SSSR count). The van der Waals surface area contributed by atoms with Gasteiger partial charge in [-0.1, -0.05) is 0 Å². The van der Waals surface area contributed by atoms with E-state index in [1.807, 2.05) is 6.26 Å². The average molecular weight is 258 g/mol. The monoisotopic (exact) mass is 258 g/mol. The summed E-state index contributed by atoms with van der Waals surface area (Å²) < 4.78 is 12.2. The van der Waals surface area contributed by atoms with Crippen molar-refractivity contribution in [3.63, 3.8) is 0 Å². The Bertz CT molecular complexity index is 275. The lowest BCUT2D eigenvalue weighted by Gasteiger charge is -2.06. The minimum atomic E-state index is -0.173. The van der Waals surface area contributed by atoms with Gasteiger partial charge in [-0.15, -0.1) is 11.8 Å². The van der Waals surface area contributed by atoms with Gasteiger partial charge in [0.15, 0.2) is 0 Å². The molecular weight excluding hydrogens is 235 g/mol. The lowest BCUT2D eigenvalue weighted by molar-refractivity contribution is 0.396. The van der Waals surface area contributed by atoms with Crippen LogP contribution in [0.5, 0.6) is 0 Å². The topological polar surface area (TPSA) is 29.3 Å². The molecule has 0 bridgehead atoms. The Hall–Kier alpha value is -0.580. The molecule has 2 N–H and O–H groups in total. The lowest BCUT2D eigenvalue weighted by atomic mass is 10.3. The molecule has 4 heteroatoms. The third-order valence-electron chi connectivity index (χ3n) is 2.11. The molecule has 0 radical (unpaired) electrons. The second kappa shape index (κ2) is 10.6. The van der Waals surface area contributed by atoms with Crippen LogP contribution in [0.15, 0.2) is 29.2 Å². The number of unbranched alkanes of at least 4 members (excludes halogenated alkanes) is 1. The lowest BCUT2D eigenvalue weighted by Crippen LogP contribution is -2.14. The number of halogens is 1. The Labute approximate surface area is 108 Å². The van der Waals surface area contributed by atoms with Crippen molar-refractivity contribution in [2.24, 2.45) is 5.73 Å². The Balaban J connectivity index is 0.000000304. The van der Waals surface area contributed by atoms with E-state index in [1.54, 1.807) is 23.9 Å². The van der Waals surface area contributed by atoms with Crippen LogP contribution in [0.25, 0.3) is 0 Å². The molecule has 17 heavy (non-hydrogen) atoms. The fourth-order valence-corrected chi connectivity index (χ4v) is 1.55. The zero-order valence-corrected chi connectivity index (χ0v) is 11.8. The van der Waals surface area contributed by atoms with Crippen LogP contribution in [0.1, 0.15) is 12.8 Å². The quantitative estimate of drug-likeness (QED) is 0.650. The largest absolute Gasteiger partial charge is 0.330 e. The summed E-state index contributed by atoms with van der Waals surface area (Å²) in [5.41, 5.74) is 5.30. The van der Waals surface area contributed by atoms with Crippen molar-refractivity contribution >= 4 is 11.8 Å². The van der Waals surface area contributed by atoms with Crippen LogP contribution in [0.4, 0.5) is 4.39 Å². The summed E-state index contributed by atoms with van der Waals surface area (Å²) in [6, 6.07) is 6.46. The van der Waals surface area contributed by atoms with Crippen LogP contribution >= 0.6 is 11.8 Å². The van der Waals surface area contributed by atoms with Gasteiger partial charge in [0.2, 0.25) is 0 Å². The fourth-order valence-electron chi connectivity index (χ4n) is 1.14. The maximum atomic E-state index is 12.2. The summed E-state index contributed by atoms with van der Waals surface area (Å²) in [6.45, 7) is 1.99. The predicted molar refractivity (Wildman–Crippen MR) is 75.0 cm³/mol. The normalized spacial score (nSPS) is 10.0. The van der Waals surface area contributed by atoms with Gasteiger partial charge in [0.1, 0.15) is 5.82 Å². The summed E-state index contributed by atoms with van der Waals surface area (Å²) in [5.74, 6) is -0.173. The van der Waals surface area contributed by atoms with Gasteiger partial charge in [0.25, 0.3) is 0 Å². The maximum absolute atomic E-state index is 12.2. The van der Waals surface area contributed by atoms with E-state index in [-0.39, 0.29) is 5.82 Å². The molecule has 0 aromatic heterocycles. The summed E-state index contributed by atoms with van der Waals surface area (Å²) in [6.07, 6.45) is 4.34. The van der Waals surface area contributed by atoms with Gasteiger partial charge in [-0.25, -0.2) is 4.39 Å². The van der Waals surface area contributed by atoms with Crippen molar-refractivity contribution < 1.29 is 4.39 Å². The third kappa shape index (κ3) is 10.3. The van der Waals surface area contributed by atoms with Crippen LogP contribution in [0, 0.1) is 5.82 Å². The molecule has 2 nitrogen and oxygen atoms in total. The first-order valence-electron chi connectivity index (χ1n) is 5.74. The van der Waals surface area contributed by atoms with Crippen LogP contribution in [-0.2, 0) is 0 Å². The first kappa shape index (κ1) is 16.4. The van der Waals surface area contributed by atoms with Crippen molar-refractivity contribution in [3.05, 3.63) is 30.1 Å². The van der Waals surface area contributed by atoms with E-state index in [0.717, 1.165) is 24.4 Å². The van der Waals surface area contributed by atoms with Crippen LogP contribution in [0.3, 0.4) is 0 Å². The van der Waals surface area contributed by atoms with Crippen molar-refractivity contribution in [1.82, 2.24) is 4.90 Å². The first-order valence-corrected chi connectivity index (χ1v) is 6.97. The highest BCUT2D eigenvalue weighted by molar-refractivity contribution is 7.98. The van der Waals surface area contributed by atoms with E-state index in [9.17, 15) is 4.39 Å². The van der Waals surface area contributed by atoms with Crippen LogP contribution in [0.2, 0.25) is 0 Å². The first-order chi connectivity index (χ1) is 8.10. The van der Waals surface area contributed by atoms with Crippen LogP contribution in [-0.4, -0.2) is 38.3 Å². The molecule has 0 saturated carbocycles. The van der Waals surface area contributed by atoms with Crippen LogP contribution < -0.4 is 5.73 Å². The van der Waals surface area contributed by atoms with Gasteiger partial charge in [0.05, 0.1) is 0 Å². The van der Waals surface area contributed by atoms with E-state index in [2.05, 4.69) is 19.0 Å². The molecule has 0 atom stereocenters. The molecule has 0 heterocycles. The fraction of sp³-hybridized carbons (Fsp3) is 0.538. The Kier molecular flexibility index (Phi) is 10.2. The highest BCUT2D eigenvalue weighted by Crippen LogP contribution is 2.13. The zero-order valence-electron chi connectivity index (χ0n) is 10.9. The summed E-state index contributed by atoms with van der Waals surface area (Å²) in [5, 5.41) is 0. The van der Waals surface area contributed by atoms with Gasteiger partial charge in [-0.05, 0) is 70.5 Å². The molecular formula is C13H23FN2S. The predicted octanol–water partition coefficient (Wildman–Crippen LogP) is 2.83. The molecule has 0 amide bonds. The summed E-state index contributed by atoms with van der Waals surface area (Å²) >= 11 is 1.61. The van der Waals surface area contributed by atoms with Gasteiger partial charge in [-0.3, -0.25) is 0 Å². The van der Waals surface area contributed by atoms with E-state index in [1.165, 1.54) is 18.6 Å². The number of hydrogen-bond acceptors (Lipinski definition) is 3. The molecule has 0 unspecified atom stereocenters. The summed E-state index contributed by atoms with van der Waals surface area (Å²) in [4.78, 5) is 3.27. The minimum absolute atomic E-state index is 0.173. The van der Waals surface area contributed by atoms with E-state index >= 15 is 0 Å². The molecule has 1 aromatic rings. The maximum Gasteiger partial charge on any atom is 0.123 e. The summed E-state index contributed by atoms with van der Waals surface area (Å²) in [7, 11) is 4.16. The Morgan fingerprint density at radius 2 is 1.76 bits per heavy atom. The van der Waals surface area contributed by atoms with Crippen molar-refractivity contribution in [3.8, 4) is 0 Å². The van der Waals surface area contributed by atoms with Crippen molar-refractivity contribution in [2.45, 2.75) is 17.7 Å². The molecule has 0 aliphatic carbocycles. The third-order valence-corrected chi connectivity index (χ3v) is 2.85. The second-order valence-corrected chi connectivity index (χ2v) is 4.84. The van der Waals surface area contributed by atoms with Gasteiger partial charge in [-0.2, -0.15) is 0 Å². The number of nitrogens with zero attached hydrogens (tertiary/aromatic N) is 1. The number of nitrogens with two attached hydrogens (primary N) is 1. The van der Waals surface area contributed by atoms with Gasteiger partial charge in [0, 0.05) is 4.90 Å². The van der Waals surface area contributed by atoms with E-state index < -0.39 is 0 Å². The van der Waals surface area contributed by atoms with Crippen molar-refractivity contribution in [1.29, 1.82) is 0 Å². The standard InChI is InChI=1S/C7H7FS.C6H16N2/c1-9-7-4-2-6(8)3-5-7;1-8(2)6-4-3-5-7/h2-5H,1H3;3-7H2,1-2H3. The smallest absolute Gasteiger partial charge is 0.123 e.